The number of imidazole rings is 1. The van der Waals surface area contributed by atoms with Crippen LogP contribution in [0.15, 0.2) is 52.2 Å². The van der Waals surface area contributed by atoms with Crippen LogP contribution in [0.1, 0.15) is 25.1 Å². The Bertz CT molecular complexity index is 1290. The lowest BCUT2D eigenvalue weighted by molar-refractivity contribution is 0.164. The van der Waals surface area contributed by atoms with E-state index in [4.69, 9.17) is 0 Å². The molecule has 0 spiro atoms. The second kappa shape index (κ2) is 11.8. The maximum Gasteiger partial charge on any atom is 0.410 e. The Kier molecular flexibility index (Phi) is 8.55. The summed E-state index contributed by atoms with van der Waals surface area (Å²) in [6.07, 6.45) is 4.02. The van der Waals surface area contributed by atoms with Crippen LogP contribution >= 0.6 is 0 Å². The van der Waals surface area contributed by atoms with Crippen LogP contribution in [0.5, 0.6) is 0 Å². The van der Waals surface area contributed by atoms with Crippen LogP contribution in [0, 0.1) is 11.8 Å². The summed E-state index contributed by atoms with van der Waals surface area (Å²) in [5.41, 5.74) is 1.92. The zero-order valence-corrected chi connectivity index (χ0v) is 19.7. The maximum atomic E-state index is 12.1. The molecule has 0 aliphatic carbocycles. The lowest BCUT2D eigenvalue weighted by Crippen LogP contribution is -2.21. The molecule has 0 aliphatic rings. The number of benzene rings is 1. The Balaban J connectivity index is 1.81. The zero-order chi connectivity index (χ0) is 24.5. The standard InChI is InChI=1S/C22H24N7O4S/c1-4-33-22(31)28-34(32)19-9-6-17(7-10-19)26-21-24-11-16(20(27-21)25-15(2)13-30)5-8-18-12-23-14-29(18)3/h6-7,9-12,14-15,30H,4,13H2,1-3H3,(H2,24,25,26,27)/q-1/t15-/m1/s1. The summed E-state index contributed by atoms with van der Waals surface area (Å²) in [5.74, 6) is 6.81. The molecule has 0 saturated carbocycles. The quantitative estimate of drug-likeness (QED) is 0.342. The van der Waals surface area contributed by atoms with Gasteiger partial charge in [0, 0.05) is 18.8 Å². The summed E-state index contributed by atoms with van der Waals surface area (Å²) in [4.78, 5) is 24.6. The first-order valence-corrected chi connectivity index (χ1v) is 11.4. The SMILES string of the molecule is CCOC(=O)N=[S-](=O)c1ccc(Nc2ncc(C#Cc3cncn3C)c(N[C@H](C)CO)n2)cc1. The molecule has 2 aromatic heterocycles. The number of aromatic nitrogens is 4. The van der Waals surface area contributed by atoms with Gasteiger partial charge in [-0.3, -0.25) is 4.36 Å². The summed E-state index contributed by atoms with van der Waals surface area (Å²) >= 11 is 0. The average molecular weight is 483 g/mol. The summed E-state index contributed by atoms with van der Waals surface area (Å²) in [5, 5.41) is 15.6. The van der Waals surface area contributed by atoms with Gasteiger partial charge in [-0.05, 0) is 31.9 Å². The molecule has 0 unspecified atom stereocenters. The van der Waals surface area contributed by atoms with Crippen molar-refractivity contribution in [2.45, 2.75) is 24.8 Å². The van der Waals surface area contributed by atoms with Gasteiger partial charge in [-0.15, -0.1) is 10.6 Å². The molecule has 3 rings (SSSR count). The predicted molar refractivity (Wildman–Crippen MR) is 127 cm³/mol. The van der Waals surface area contributed by atoms with Gasteiger partial charge in [-0.1, -0.05) is 22.9 Å². The van der Waals surface area contributed by atoms with Crippen LogP contribution in [0.25, 0.3) is 0 Å². The Morgan fingerprint density at radius 1 is 1.29 bits per heavy atom. The van der Waals surface area contributed by atoms with Gasteiger partial charge in [0.15, 0.2) is 0 Å². The van der Waals surface area contributed by atoms with E-state index in [0.29, 0.717) is 27.9 Å². The van der Waals surface area contributed by atoms with Crippen LogP contribution in [0.4, 0.5) is 22.2 Å². The van der Waals surface area contributed by atoms with E-state index >= 15 is 0 Å². The molecule has 11 nitrogen and oxygen atoms in total. The van der Waals surface area contributed by atoms with E-state index in [1.54, 1.807) is 54.5 Å². The van der Waals surface area contributed by atoms with Gasteiger partial charge in [0.25, 0.3) is 0 Å². The molecule has 3 aromatic rings. The first-order chi connectivity index (χ1) is 16.4. The number of carbonyl (C=O) groups is 1. The molecule has 12 heteroatoms. The van der Waals surface area contributed by atoms with E-state index in [2.05, 4.69) is 46.5 Å². The molecule has 0 radical (unpaired) electrons. The second-order valence-corrected chi connectivity index (χ2v) is 8.16. The highest BCUT2D eigenvalue weighted by molar-refractivity contribution is 7.75. The number of aliphatic hydroxyl groups is 1. The molecule has 2 heterocycles. The minimum Gasteiger partial charge on any atom is -0.450 e. The summed E-state index contributed by atoms with van der Waals surface area (Å²) in [6, 6.07) is 6.22. The number of anilines is 3. The molecule has 34 heavy (non-hydrogen) atoms. The number of amides is 1. The highest BCUT2D eigenvalue weighted by atomic mass is 32.2. The molecule has 0 bridgehead atoms. The monoisotopic (exact) mass is 482 g/mol. The topological polar surface area (TPSA) is 144 Å². The van der Waals surface area contributed by atoms with Gasteiger partial charge in [0.1, 0.15) is 11.5 Å². The van der Waals surface area contributed by atoms with Crippen molar-refractivity contribution in [2.24, 2.45) is 11.4 Å². The van der Waals surface area contributed by atoms with Crippen molar-refractivity contribution in [3.8, 4) is 11.8 Å². The van der Waals surface area contributed by atoms with Crippen LogP contribution in [0.2, 0.25) is 0 Å². The second-order valence-electron chi connectivity index (χ2n) is 7.01. The van der Waals surface area contributed by atoms with E-state index in [1.807, 2.05) is 14.0 Å². The third-order valence-electron chi connectivity index (χ3n) is 4.33. The number of aliphatic hydroxyl groups excluding tert-OH is 1. The average Bonchev–Trinajstić information content (AvgIpc) is 3.23. The van der Waals surface area contributed by atoms with Gasteiger partial charge < -0.3 is 29.3 Å². The molecule has 0 aliphatic heterocycles. The van der Waals surface area contributed by atoms with Crippen LogP contribution < -0.4 is 10.6 Å². The third kappa shape index (κ3) is 6.77. The van der Waals surface area contributed by atoms with E-state index < -0.39 is 16.7 Å². The van der Waals surface area contributed by atoms with Crippen LogP contribution in [-0.4, -0.2) is 50.0 Å². The summed E-state index contributed by atoms with van der Waals surface area (Å²) in [7, 11) is -0.0184. The van der Waals surface area contributed by atoms with Gasteiger partial charge in [-0.2, -0.15) is 4.98 Å². The Labute approximate surface area is 198 Å². The zero-order valence-electron chi connectivity index (χ0n) is 18.8. The maximum absolute atomic E-state index is 12.1. The highest BCUT2D eigenvalue weighted by Gasteiger charge is 2.09. The number of nitrogens with zero attached hydrogens (tertiary/aromatic N) is 5. The number of aryl methyl sites for hydroxylation is 1. The smallest absolute Gasteiger partial charge is 0.410 e. The highest BCUT2D eigenvalue weighted by Crippen LogP contribution is 2.19. The minimum absolute atomic E-state index is 0.0865. The molecular formula is C22H24N7O4S-. The van der Waals surface area contributed by atoms with Crippen molar-refractivity contribution in [3.63, 3.8) is 0 Å². The number of rotatable bonds is 7. The Hall–Kier alpha value is -3.95. The molecule has 1 aromatic carbocycles. The molecular weight excluding hydrogens is 458 g/mol. The third-order valence-corrected chi connectivity index (χ3v) is 5.32. The van der Waals surface area contributed by atoms with Crippen molar-refractivity contribution >= 4 is 34.1 Å². The molecule has 0 fully saturated rings. The van der Waals surface area contributed by atoms with E-state index in [0.717, 1.165) is 5.69 Å². The summed E-state index contributed by atoms with van der Waals surface area (Å²) < 4.78 is 22.1. The van der Waals surface area contributed by atoms with Crippen LogP contribution in [-0.2, 0) is 26.6 Å². The number of hydrogen-bond donors (Lipinski definition) is 3. The summed E-state index contributed by atoms with van der Waals surface area (Å²) in [6.45, 7) is 3.53. The lowest BCUT2D eigenvalue weighted by atomic mass is 10.2. The van der Waals surface area contributed by atoms with Crippen LogP contribution in [0.3, 0.4) is 0 Å². The van der Waals surface area contributed by atoms with E-state index in [-0.39, 0.29) is 19.3 Å². The normalized spacial score (nSPS) is 12.4. The van der Waals surface area contributed by atoms with Crippen molar-refractivity contribution in [3.05, 3.63) is 54.2 Å². The largest absolute Gasteiger partial charge is 0.450 e. The lowest BCUT2D eigenvalue weighted by Gasteiger charge is -2.14. The molecule has 1 atom stereocenters. The Morgan fingerprint density at radius 2 is 2.06 bits per heavy atom. The van der Waals surface area contributed by atoms with Gasteiger partial charge in [-0.25, -0.2) is 14.8 Å². The fourth-order valence-electron chi connectivity index (χ4n) is 2.59. The van der Waals surface area contributed by atoms with Gasteiger partial charge in [0.2, 0.25) is 5.95 Å². The Morgan fingerprint density at radius 3 is 2.71 bits per heavy atom. The van der Waals surface area contributed by atoms with Crippen molar-refractivity contribution in [1.29, 1.82) is 0 Å². The number of ether oxygens (including phenoxy) is 1. The van der Waals surface area contributed by atoms with Crippen molar-refractivity contribution < 1.29 is 18.8 Å². The fourth-order valence-corrected chi connectivity index (χ4v) is 3.25. The van der Waals surface area contributed by atoms with E-state index in [9.17, 15) is 14.1 Å². The predicted octanol–water partition coefficient (Wildman–Crippen LogP) is 2.81. The molecule has 0 saturated heterocycles. The molecule has 3 N–H and O–H groups in total. The number of nitrogens with one attached hydrogen (secondary N) is 2. The molecule has 178 valence electrons. The first-order valence-electron chi connectivity index (χ1n) is 10.3. The van der Waals surface area contributed by atoms with E-state index in [1.165, 1.54) is 0 Å². The molecule has 1 amide bonds. The minimum atomic E-state index is -1.86. The van der Waals surface area contributed by atoms with Crippen molar-refractivity contribution in [1.82, 2.24) is 19.5 Å². The first kappa shape index (κ1) is 24.7. The number of hydrogen-bond acceptors (Lipinski definition) is 10. The van der Waals surface area contributed by atoms with Crippen molar-refractivity contribution in [2.75, 3.05) is 23.8 Å². The van der Waals surface area contributed by atoms with Gasteiger partial charge in [0.05, 0.1) is 37.5 Å². The van der Waals surface area contributed by atoms with Gasteiger partial charge >= 0.3 is 6.09 Å². The fraction of sp³-hybridized carbons (Fsp3) is 0.273. The number of carbonyl (C=O) groups excluding carboxylic acids is 1.